The first-order valence-corrected chi connectivity index (χ1v) is 25.4. The number of nitrogens with zero attached hydrogens (tertiary/aromatic N) is 8. The molecule has 0 saturated carbocycles. The molecule has 24 heteroatoms. The van der Waals surface area contributed by atoms with E-state index in [9.17, 15) is 18.7 Å². The average Bonchev–Trinajstić information content (AvgIpc) is 3.88. The zero-order chi connectivity index (χ0) is 49.3. The Hall–Kier alpha value is -6.02. The SMILES string of the molecule is CC(C)OC(=O)[C@H](C)N.CC(C)OC(=O)[C@H](C)NP(=O)(CO[C@H](C)Cn1cnc2c(N)ncnc21)Oc1ccccc1.C[C@H](Cn1cnc2c(N)ncnc21)OCP(C)(=O)Oc1ccccc1. The number of rotatable bonds is 20. The van der Waals surface area contributed by atoms with Crippen LogP contribution in [0.3, 0.4) is 0 Å². The van der Waals surface area contributed by atoms with Crippen molar-refractivity contribution in [1.29, 1.82) is 0 Å². The quantitative estimate of drug-likeness (QED) is 0.0502. The predicted molar refractivity (Wildman–Crippen MR) is 254 cm³/mol. The van der Waals surface area contributed by atoms with Crippen LogP contribution in [-0.4, -0.2) is 107 Å². The summed E-state index contributed by atoms with van der Waals surface area (Å²) < 4.78 is 62.6. The van der Waals surface area contributed by atoms with Crippen molar-refractivity contribution in [3.63, 3.8) is 0 Å². The number of nitrogens with two attached hydrogens (primary N) is 3. The second-order valence-electron chi connectivity index (χ2n) is 16.0. The number of fused-ring (bicyclic) bond motifs is 2. The molecule has 0 aliphatic carbocycles. The van der Waals surface area contributed by atoms with Crippen LogP contribution in [0.15, 0.2) is 86.0 Å². The Morgan fingerprint density at radius 1 is 0.627 bits per heavy atom. The molecular weight excluding hydrogens is 906 g/mol. The van der Waals surface area contributed by atoms with Crippen molar-refractivity contribution < 1.29 is 46.7 Å². The predicted octanol–water partition coefficient (Wildman–Crippen LogP) is 6.02. The number of anilines is 2. The summed E-state index contributed by atoms with van der Waals surface area (Å²) in [6.07, 6.45) is 4.80. The topological polar surface area (TPSA) is 301 Å². The normalized spacial score (nSPS) is 14.9. The Morgan fingerprint density at radius 3 is 1.49 bits per heavy atom. The van der Waals surface area contributed by atoms with E-state index >= 15 is 0 Å². The van der Waals surface area contributed by atoms with E-state index in [2.05, 4.69) is 35.0 Å². The molecule has 0 aliphatic heterocycles. The van der Waals surface area contributed by atoms with Crippen molar-refractivity contribution in [3.8, 4) is 11.5 Å². The molecule has 67 heavy (non-hydrogen) atoms. The number of carbonyl (C=O) groups excluding carboxylic acids is 2. The molecule has 6 aromatic rings. The number of esters is 2. The molecule has 0 fully saturated rings. The smallest absolute Gasteiger partial charge is 0.342 e. The summed E-state index contributed by atoms with van der Waals surface area (Å²) >= 11 is 0. The lowest BCUT2D eigenvalue weighted by atomic mass is 10.3. The molecule has 0 bridgehead atoms. The van der Waals surface area contributed by atoms with Crippen LogP contribution in [0.25, 0.3) is 22.3 Å². The second kappa shape index (κ2) is 25.2. The maximum atomic E-state index is 13.6. The third-order valence-corrected chi connectivity index (χ3v) is 11.7. The molecule has 2 aromatic carbocycles. The van der Waals surface area contributed by atoms with Gasteiger partial charge in [0.25, 0.3) is 7.37 Å². The molecule has 6 atom stereocenters. The van der Waals surface area contributed by atoms with E-state index in [4.69, 9.17) is 45.2 Å². The highest BCUT2D eigenvalue weighted by Crippen LogP contribution is 2.44. The average molecular weight is 969 g/mol. The summed E-state index contributed by atoms with van der Waals surface area (Å²) in [5.41, 5.74) is 19.1. The number of imidazole rings is 2. The number of carbonyl (C=O) groups is 2. The van der Waals surface area contributed by atoms with Crippen molar-refractivity contribution in [2.24, 2.45) is 5.73 Å². The van der Waals surface area contributed by atoms with Crippen molar-refractivity contribution in [3.05, 3.63) is 86.0 Å². The summed E-state index contributed by atoms with van der Waals surface area (Å²) in [4.78, 5) is 47.6. The fourth-order valence-electron chi connectivity index (χ4n) is 5.71. The van der Waals surface area contributed by atoms with Gasteiger partial charge < -0.3 is 54.3 Å². The number of para-hydroxylation sites is 2. The van der Waals surface area contributed by atoms with Gasteiger partial charge in [-0.3, -0.25) is 18.7 Å². The molecule has 4 heterocycles. The minimum absolute atomic E-state index is 0.0206. The summed E-state index contributed by atoms with van der Waals surface area (Å²) in [5, 5.41) is 2.78. The summed E-state index contributed by atoms with van der Waals surface area (Å²) in [6, 6.07) is 16.4. The van der Waals surface area contributed by atoms with Crippen LogP contribution >= 0.6 is 14.9 Å². The van der Waals surface area contributed by atoms with Gasteiger partial charge in [-0.2, -0.15) is 0 Å². The summed E-state index contributed by atoms with van der Waals surface area (Å²) in [5.74, 6) is 0.715. The van der Waals surface area contributed by atoms with Gasteiger partial charge >= 0.3 is 19.5 Å². The first kappa shape index (κ1) is 53.6. The van der Waals surface area contributed by atoms with Gasteiger partial charge in [0.2, 0.25) is 0 Å². The summed E-state index contributed by atoms with van der Waals surface area (Å²) in [7, 11) is -6.55. The Balaban J connectivity index is 0.000000253. The first-order valence-electron chi connectivity index (χ1n) is 21.3. The highest BCUT2D eigenvalue weighted by molar-refractivity contribution is 7.58. The molecule has 2 unspecified atom stereocenters. The number of benzene rings is 2. The lowest BCUT2D eigenvalue weighted by molar-refractivity contribution is -0.149. The van der Waals surface area contributed by atoms with Crippen molar-refractivity contribution in [2.75, 3.05) is 30.8 Å². The monoisotopic (exact) mass is 968 g/mol. The van der Waals surface area contributed by atoms with E-state index in [1.54, 1.807) is 102 Å². The molecule has 6 rings (SSSR count). The van der Waals surface area contributed by atoms with Crippen LogP contribution in [0.5, 0.6) is 11.5 Å². The van der Waals surface area contributed by atoms with Crippen LogP contribution in [0.4, 0.5) is 11.6 Å². The van der Waals surface area contributed by atoms with Crippen molar-refractivity contribution >= 4 is 60.8 Å². The molecule has 0 amide bonds. The molecule has 7 N–H and O–H groups in total. The number of aromatic nitrogens is 8. The fraction of sp³-hybridized carbons (Fsp3) is 0.442. The lowest BCUT2D eigenvalue weighted by Gasteiger charge is -2.25. The summed E-state index contributed by atoms with van der Waals surface area (Å²) in [6.45, 7) is 16.4. The highest BCUT2D eigenvalue weighted by atomic mass is 31.2. The van der Waals surface area contributed by atoms with E-state index < -0.39 is 32.9 Å². The van der Waals surface area contributed by atoms with E-state index in [0.29, 0.717) is 58.6 Å². The standard InChI is InChI=1S/C21H29N6O5P.C16H20N5O3P.C6H13NO2/c1-14(2)31-21(28)16(4)26-33(29,32-17-8-6-5-7-9-17)13-30-15(3)10-27-12-25-18-19(22)23-11-24-20(18)27;1-12(8-21-10-20-14-15(17)18-9-19-16(14)21)23-11-25(2,22)24-13-6-4-3-5-7-13;1-4(2)9-6(8)5(3)7/h5-9,11-12,14-16H,10,13H2,1-4H3,(H,26,29)(H2,22,23,24);3-7,9-10,12H,8,11H2,1-2H3,(H2,17,18,19);4-5H,7H2,1-3H3/t15-,16+,33?;12-,25?;5-/m110/s1. The van der Waals surface area contributed by atoms with Gasteiger partial charge in [0.15, 0.2) is 22.9 Å². The Labute approximate surface area is 389 Å². The van der Waals surface area contributed by atoms with E-state index in [0.717, 1.165) is 0 Å². The number of ether oxygens (including phenoxy) is 4. The lowest BCUT2D eigenvalue weighted by Crippen LogP contribution is -2.37. The Bertz CT molecular complexity index is 2580. The van der Waals surface area contributed by atoms with Crippen molar-refractivity contribution in [1.82, 2.24) is 44.1 Å². The Morgan fingerprint density at radius 2 is 1.06 bits per heavy atom. The van der Waals surface area contributed by atoms with Crippen LogP contribution in [0, 0.1) is 0 Å². The zero-order valence-electron chi connectivity index (χ0n) is 39.2. The van der Waals surface area contributed by atoms with Gasteiger partial charge in [-0.15, -0.1) is 0 Å². The van der Waals surface area contributed by atoms with Gasteiger partial charge in [-0.1, -0.05) is 36.4 Å². The van der Waals surface area contributed by atoms with Crippen LogP contribution in [0.1, 0.15) is 55.4 Å². The maximum Gasteiger partial charge on any atom is 0.342 e. The van der Waals surface area contributed by atoms with Gasteiger partial charge in [0, 0.05) is 6.66 Å². The van der Waals surface area contributed by atoms with Crippen LogP contribution in [0.2, 0.25) is 0 Å². The number of nitrogens with one attached hydrogen (secondary N) is 1. The largest absolute Gasteiger partial charge is 0.462 e. The maximum absolute atomic E-state index is 13.6. The van der Waals surface area contributed by atoms with Crippen LogP contribution < -0.4 is 31.3 Å². The number of hydrogen-bond acceptors (Lipinski definition) is 19. The van der Waals surface area contributed by atoms with E-state index in [1.165, 1.54) is 12.7 Å². The van der Waals surface area contributed by atoms with E-state index in [1.807, 2.05) is 42.7 Å². The highest BCUT2D eigenvalue weighted by Gasteiger charge is 2.32. The van der Waals surface area contributed by atoms with Crippen molar-refractivity contribution in [2.45, 2.75) is 105 Å². The Kier molecular flexibility index (Phi) is 20.2. The van der Waals surface area contributed by atoms with Gasteiger partial charge in [-0.25, -0.2) is 35.0 Å². The van der Waals surface area contributed by atoms with Gasteiger partial charge in [0.05, 0.1) is 50.2 Å². The van der Waals surface area contributed by atoms with Gasteiger partial charge in [-0.05, 0) is 79.7 Å². The third kappa shape index (κ3) is 17.6. The fourth-order valence-corrected chi connectivity index (χ4v) is 8.64. The molecule has 0 spiro atoms. The molecule has 364 valence electrons. The number of hydrogen-bond donors (Lipinski definition) is 4. The molecule has 0 radical (unpaired) electrons. The molecule has 0 saturated heterocycles. The minimum Gasteiger partial charge on any atom is -0.462 e. The molecular formula is C43H62N12O10P2. The number of nitrogen functional groups attached to an aromatic ring is 2. The first-order chi connectivity index (χ1) is 31.6. The molecule has 0 aliphatic rings. The zero-order valence-corrected chi connectivity index (χ0v) is 41.0. The van der Waals surface area contributed by atoms with Gasteiger partial charge in [0.1, 0.15) is 60.0 Å². The second-order valence-corrected chi connectivity index (χ2v) is 20.5. The van der Waals surface area contributed by atoms with Crippen LogP contribution in [-0.2, 0) is 50.8 Å². The third-order valence-electron chi connectivity index (χ3n) is 8.75. The molecule has 4 aromatic heterocycles. The van der Waals surface area contributed by atoms with E-state index in [-0.39, 0.29) is 43.1 Å². The molecule has 22 nitrogen and oxygen atoms in total. The minimum atomic E-state index is -3.64.